The van der Waals surface area contributed by atoms with Crippen LogP contribution in [0.15, 0.2) is 34.0 Å². The molecule has 0 spiro atoms. The maximum Gasteiger partial charge on any atom is 0.262 e. The van der Waals surface area contributed by atoms with Crippen LogP contribution in [-0.2, 0) is 17.1 Å². The van der Waals surface area contributed by atoms with Crippen molar-refractivity contribution in [3.05, 3.63) is 36.2 Å². The molecular formula is C13H17N3O3S. The summed E-state index contributed by atoms with van der Waals surface area (Å²) in [6.45, 7) is 2.29. The summed E-state index contributed by atoms with van der Waals surface area (Å²) in [6.07, 6.45) is 4.74. The topological polar surface area (TPSA) is 68.3 Å². The number of aryl methyl sites for hydroxylation is 2. The van der Waals surface area contributed by atoms with Gasteiger partial charge in [0, 0.05) is 19.8 Å². The molecule has 0 radical (unpaired) electrons. The van der Waals surface area contributed by atoms with E-state index in [0.717, 1.165) is 12.8 Å². The van der Waals surface area contributed by atoms with Crippen molar-refractivity contribution in [2.75, 3.05) is 6.54 Å². The number of rotatable bonds is 3. The SMILES string of the molecule is Cc1nc(S(=O)(=O)N2CCC[C@H]2c2ccco2)cn1C. The first-order valence-electron chi connectivity index (χ1n) is 6.55. The maximum absolute atomic E-state index is 12.7. The third-order valence-electron chi connectivity index (χ3n) is 3.73. The second-order valence-electron chi connectivity index (χ2n) is 5.03. The van der Waals surface area contributed by atoms with Gasteiger partial charge < -0.3 is 8.98 Å². The molecule has 0 aromatic carbocycles. The summed E-state index contributed by atoms with van der Waals surface area (Å²) in [5.41, 5.74) is 0. The first-order valence-corrected chi connectivity index (χ1v) is 7.99. The summed E-state index contributed by atoms with van der Waals surface area (Å²) in [4.78, 5) is 4.14. The Morgan fingerprint density at radius 2 is 2.25 bits per heavy atom. The van der Waals surface area contributed by atoms with Crippen LogP contribution < -0.4 is 0 Å². The molecule has 2 aromatic heterocycles. The zero-order valence-electron chi connectivity index (χ0n) is 11.5. The van der Waals surface area contributed by atoms with Gasteiger partial charge >= 0.3 is 0 Å². The van der Waals surface area contributed by atoms with Crippen LogP contribution >= 0.6 is 0 Å². The van der Waals surface area contributed by atoms with Crippen molar-refractivity contribution in [3.63, 3.8) is 0 Å². The molecule has 2 aromatic rings. The van der Waals surface area contributed by atoms with E-state index in [1.54, 1.807) is 37.1 Å². The van der Waals surface area contributed by atoms with Gasteiger partial charge in [-0.3, -0.25) is 0 Å². The zero-order chi connectivity index (χ0) is 14.3. The smallest absolute Gasteiger partial charge is 0.262 e. The van der Waals surface area contributed by atoms with Crippen molar-refractivity contribution in [1.82, 2.24) is 13.9 Å². The fourth-order valence-corrected chi connectivity index (χ4v) is 4.26. The Morgan fingerprint density at radius 3 is 2.85 bits per heavy atom. The number of sulfonamides is 1. The summed E-state index contributed by atoms with van der Waals surface area (Å²) < 4.78 is 34.0. The molecule has 3 rings (SSSR count). The highest BCUT2D eigenvalue weighted by molar-refractivity contribution is 7.89. The first kappa shape index (κ1) is 13.4. The van der Waals surface area contributed by atoms with Crippen LogP contribution in [0, 0.1) is 6.92 Å². The monoisotopic (exact) mass is 295 g/mol. The predicted molar refractivity (Wildman–Crippen MR) is 72.5 cm³/mol. The van der Waals surface area contributed by atoms with Crippen molar-refractivity contribution >= 4 is 10.0 Å². The van der Waals surface area contributed by atoms with Gasteiger partial charge in [0.1, 0.15) is 11.6 Å². The number of hydrogen-bond acceptors (Lipinski definition) is 4. The molecule has 20 heavy (non-hydrogen) atoms. The lowest BCUT2D eigenvalue weighted by Gasteiger charge is -2.21. The summed E-state index contributed by atoms with van der Waals surface area (Å²) in [5.74, 6) is 1.37. The van der Waals surface area contributed by atoms with Crippen LogP contribution in [0.2, 0.25) is 0 Å². The van der Waals surface area contributed by atoms with E-state index in [0.29, 0.717) is 18.1 Å². The van der Waals surface area contributed by atoms with Crippen LogP contribution in [0.5, 0.6) is 0 Å². The van der Waals surface area contributed by atoms with Gasteiger partial charge in [0.05, 0.1) is 12.3 Å². The van der Waals surface area contributed by atoms with Crippen LogP contribution in [0.3, 0.4) is 0 Å². The normalized spacial score (nSPS) is 20.6. The second-order valence-corrected chi connectivity index (χ2v) is 6.86. The lowest BCUT2D eigenvalue weighted by atomic mass is 10.2. The fraction of sp³-hybridized carbons (Fsp3) is 0.462. The van der Waals surface area contributed by atoms with Crippen molar-refractivity contribution < 1.29 is 12.8 Å². The number of aromatic nitrogens is 2. The molecule has 1 aliphatic heterocycles. The summed E-state index contributed by atoms with van der Waals surface area (Å²) in [6, 6.07) is 3.38. The van der Waals surface area contributed by atoms with Crippen molar-refractivity contribution in [3.8, 4) is 0 Å². The summed E-state index contributed by atoms with van der Waals surface area (Å²) >= 11 is 0. The van der Waals surface area contributed by atoms with Crippen molar-refractivity contribution in [1.29, 1.82) is 0 Å². The van der Waals surface area contributed by atoms with Gasteiger partial charge in [0.15, 0.2) is 5.03 Å². The molecule has 6 nitrogen and oxygen atoms in total. The van der Waals surface area contributed by atoms with Gasteiger partial charge in [-0.1, -0.05) is 0 Å². The van der Waals surface area contributed by atoms with E-state index in [-0.39, 0.29) is 11.1 Å². The number of nitrogens with zero attached hydrogens (tertiary/aromatic N) is 3. The molecule has 1 fully saturated rings. The molecule has 0 N–H and O–H groups in total. The van der Waals surface area contributed by atoms with E-state index in [9.17, 15) is 8.42 Å². The van der Waals surface area contributed by atoms with E-state index >= 15 is 0 Å². The predicted octanol–water partition coefficient (Wildman–Crippen LogP) is 1.85. The minimum Gasteiger partial charge on any atom is -0.468 e. The molecule has 0 unspecified atom stereocenters. The third kappa shape index (κ3) is 2.06. The molecule has 7 heteroatoms. The number of imidazole rings is 1. The van der Waals surface area contributed by atoms with Gasteiger partial charge in [-0.2, -0.15) is 4.31 Å². The highest BCUT2D eigenvalue weighted by Crippen LogP contribution is 2.36. The van der Waals surface area contributed by atoms with Crippen LogP contribution in [0.1, 0.15) is 30.5 Å². The highest BCUT2D eigenvalue weighted by Gasteiger charge is 2.38. The molecular weight excluding hydrogens is 278 g/mol. The standard InChI is InChI=1S/C13H17N3O3S/c1-10-14-13(9-15(10)2)20(17,18)16-7-3-5-11(16)12-6-4-8-19-12/h4,6,8-9,11H,3,5,7H2,1-2H3/t11-/m0/s1. The fourth-order valence-electron chi connectivity index (χ4n) is 2.56. The van der Waals surface area contributed by atoms with Crippen LogP contribution in [-0.4, -0.2) is 28.8 Å². The molecule has 0 amide bonds. The third-order valence-corrected chi connectivity index (χ3v) is 5.51. The lowest BCUT2D eigenvalue weighted by Crippen LogP contribution is -2.30. The molecule has 0 saturated carbocycles. The van der Waals surface area contributed by atoms with E-state index < -0.39 is 10.0 Å². The van der Waals surface area contributed by atoms with E-state index in [4.69, 9.17) is 4.42 Å². The second kappa shape index (κ2) is 4.75. The molecule has 3 heterocycles. The Balaban J connectivity index is 1.98. The minimum absolute atomic E-state index is 0.107. The first-order chi connectivity index (χ1) is 9.50. The molecule has 1 atom stereocenters. The molecule has 1 aliphatic rings. The Kier molecular flexibility index (Phi) is 3.18. The molecule has 108 valence electrons. The van der Waals surface area contributed by atoms with Crippen molar-refractivity contribution in [2.24, 2.45) is 7.05 Å². The zero-order valence-corrected chi connectivity index (χ0v) is 12.3. The Hall–Kier alpha value is -1.60. The average Bonchev–Trinajstić information content (AvgIpc) is 3.10. The lowest BCUT2D eigenvalue weighted by molar-refractivity contribution is 0.339. The summed E-state index contributed by atoms with van der Waals surface area (Å²) in [7, 11) is -1.79. The Labute approximate surface area is 118 Å². The molecule has 1 saturated heterocycles. The maximum atomic E-state index is 12.7. The number of hydrogen-bond donors (Lipinski definition) is 0. The van der Waals surface area contributed by atoms with Crippen molar-refractivity contribution in [2.45, 2.75) is 30.8 Å². The quantitative estimate of drug-likeness (QED) is 0.866. The van der Waals surface area contributed by atoms with E-state index in [2.05, 4.69) is 4.98 Å². The average molecular weight is 295 g/mol. The molecule has 0 aliphatic carbocycles. The van der Waals surface area contributed by atoms with Gasteiger partial charge in [-0.05, 0) is 31.9 Å². The largest absolute Gasteiger partial charge is 0.468 e. The minimum atomic E-state index is -3.57. The van der Waals surface area contributed by atoms with E-state index in [1.807, 2.05) is 6.07 Å². The number of furan rings is 1. The van der Waals surface area contributed by atoms with Gasteiger partial charge in [0.2, 0.25) is 0 Å². The Bertz CT molecular complexity index is 684. The van der Waals surface area contributed by atoms with Crippen LogP contribution in [0.4, 0.5) is 0 Å². The molecule has 0 bridgehead atoms. The summed E-state index contributed by atoms with van der Waals surface area (Å²) in [5, 5.41) is 0.107. The Morgan fingerprint density at radius 1 is 1.45 bits per heavy atom. The van der Waals surface area contributed by atoms with E-state index in [1.165, 1.54) is 4.31 Å². The van der Waals surface area contributed by atoms with Gasteiger partial charge in [-0.15, -0.1) is 0 Å². The van der Waals surface area contributed by atoms with Crippen LogP contribution in [0.25, 0.3) is 0 Å². The highest BCUT2D eigenvalue weighted by atomic mass is 32.2. The van der Waals surface area contributed by atoms with Gasteiger partial charge in [-0.25, -0.2) is 13.4 Å². The van der Waals surface area contributed by atoms with Gasteiger partial charge in [0.25, 0.3) is 10.0 Å².